The van der Waals surface area contributed by atoms with Crippen LogP contribution < -0.4 is 4.90 Å². The first-order valence-electron chi connectivity index (χ1n) is 8.11. The zero-order valence-electron chi connectivity index (χ0n) is 13.5. The summed E-state index contributed by atoms with van der Waals surface area (Å²) >= 11 is 0. The van der Waals surface area contributed by atoms with E-state index in [4.69, 9.17) is 9.15 Å². The molecule has 0 aliphatic carbocycles. The fourth-order valence-electron chi connectivity index (χ4n) is 3.06. The van der Waals surface area contributed by atoms with Crippen molar-refractivity contribution in [1.29, 1.82) is 0 Å². The van der Waals surface area contributed by atoms with Gasteiger partial charge in [0.05, 0.1) is 5.56 Å². The van der Waals surface area contributed by atoms with E-state index < -0.39 is 5.97 Å². The average molecular weight is 336 g/mol. The Kier molecular flexibility index (Phi) is 3.93. The number of amides is 1. The number of esters is 1. The number of fused-ring (bicyclic) bond motifs is 2. The van der Waals surface area contributed by atoms with E-state index in [0.29, 0.717) is 23.2 Å². The van der Waals surface area contributed by atoms with Crippen LogP contribution in [0.4, 0.5) is 5.69 Å². The minimum absolute atomic E-state index is 0.221. The molecule has 1 amide bonds. The Morgan fingerprint density at radius 3 is 3.00 bits per heavy atom. The molecule has 6 heteroatoms. The second kappa shape index (κ2) is 6.39. The summed E-state index contributed by atoms with van der Waals surface area (Å²) in [5, 5.41) is 0. The number of hydrogen-bond donors (Lipinski definition) is 0. The summed E-state index contributed by atoms with van der Waals surface area (Å²) < 4.78 is 10.4. The predicted molar refractivity (Wildman–Crippen MR) is 91.4 cm³/mol. The van der Waals surface area contributed by atoms with E-state index in [9.17, 15) is 9.59 Å². The molecule has 2 aromatic carbocycles. The number of aromatic nitrogens is 1. The standard InChI is InChI=1S/C19H16N2O4/c22-18(21-9-3-5-13-4-1-2-6-16(13)21)11-24-19(23)14-7-8-15-17(10-14)25-12-20-15/h1-2,4,6-8,10,12H,3,5,9,11H2. The van der Waals surface area contributed by atoms with E-state index in [2.05, 4.69) is 4.98 Å². The lowest BCUT2D eigenvalue weighted by molar-refractivity contribution is -0.121. The van der Waals surface area contributed by atoms with Crippen molar-refractivity contribution in [1.82, 2.24) is 4.98 Å². The van der Waals surface area contributed by atoms with Gasteiger partial charge in [-0.2, -0.15) is 0 Å². The molecule has 1 aliphatic heterocycles. The van der Waals surface area contributed by atoms with Gasteiger partial charge in [0.1, 0.15) is 5.52 Å². The maximum Gasteiger partial charge on any atom is 0.338 e. The summed E-state index contributed by atoms with van der Waals surface area (Å²) in [6.07, 6.45) is 3.17. The van der Waals surface area contributed by atoms with Crippen LogP contribution in [-0.2, 0) is 16.0 Å². The Morgan fingerprint density at radius 2 is 2.08 bits per heavy atom. The zero-order valence-corrected chi connectivity index (χ0v) is 13.5. The molecule has 0 spiro atoms. The zero-order chi connectivity index (χ0) is 17.2. The molecule has 126 valence electrons. The maximum atomic E-state index is 12.5. The smallest absolute Gasteiger partial charge is 0.338 e. The molecule has 0 unspecified atom stereocenters. The molecule has 6 nitrogen and oxygen atoms in total. The number of hydrogen-bond acceptors (Lipinski definition) is 5. The fourth-order valence-corrected chi connectivity index (χ4v) is 3.06. The van der Waals surface area contributed by atoms with Crippen molar-refractivity contribution in [3.63, 3.8) is 0 Å². The van der Waals surface area contributed by atoms with Gasteiger partial charge in [-0.1, -0.05) is 18.2 Å². The Bertz CT molecular complexity index is 947. The molecule has 3 aromatic rings. The van der Waals surface area contributed by atoms with Crippen molar-refractivity contribution in [2.45, 2.75) is 12.8 Å². The highest BCUT2D eigenvalue weighted by Gasteiger charge is 2.23. The third-order valence-electron chi connectivity index (χ3n) is 4.31. The first-order chi connectivity index (χ1) is 12.2. The predicted octanol–water partition coefficient (Wildman–Crippen LogP) is 2.96. The van der Waals surface area contributed by atoms with Crippen LogP contribution in [0.2, 0.25) is 0 Å². The van der Waals surface area contributed by atoms with E-state index in [1.54, 1.807) is 23.1 Å². The minimum atomic E-state index is -0.558. The topological polar surface area (TPSA) is 72.6 Å². The highest BCUT2D eigenvalue weighted by molar-refractivity contribution is 5.98. The summed E-state index contributed by atoms with van der Waals surface area (Å²) in [6, 6.07) is 12.7. The molecule has 0 fully saturated rings. The van der Waals surface area contributed by atoms with Crippen molar-refractivity contribution < 1.29 is 18.7 Å². The van der Waals surface area contributed by atoms with Crippen LogP contribution in [0.1, 0.15) is 22.3 Å². The van der Waals surface area contributed by atoms with Crippen molar-refractivity contribution in [3.8, 4) is 0 Å². The molecule has 0 N–H and O–H groups in total. The second-order valence-electron chi connectivity index (χ2n) is 5.89. The molecule has 0 radical (unpaired) electrons. The van der Waals surface area contributed by atoms with Gasteiger partial charge in [0.15, 0.2) is 18.6 Å². The molecule has 25 heavy (non-hydrogen) atoms. The van der Waals surface area contributed by atoms with Gasteiger partial charge in [-0.25, -0.2) is 9.78 Å². The highest BCUT2D eigenvalue weighted by atomic mass is 16.5. The number of aryl methyl sites for hydroxylation is 1. The maximum absolute atomic E-state index is 12.5. The number of anilines is 1. The van der Waals surface area contributed by atoms with Crippen LogP contribution in [0.15, 0.2) is 53.3 Å². The third-order valence-corrected chi connectivity index (χ3v) is 4.31. The second-order valence-corrected chi connectivity index (χ2v) is 5.89. The van der Waals surface area contributed by atoms with Crippen LogP contribution in [0.25, 0.3) is 11.1 Å². The Morgan fingerprint density at radius 1 is 1.20 bits per heavy atom. The molecule has 0 bridgehead atoms. The summed E-state index contributed by atoms with van der Waals surface area (Å²) in [4.78, 5) is 30.4. The van der Waals surface area contributed by atoms with E-state index in [-0.39, 0.29) is 12.5 Å². The number of rotatable bonds is 3. The van der Waals surface area contributed by atoms with Crippen molar-refractivity contribution in [2.75, 3.05) is 18.1 Å². The van der Waals surface area contributed by atoms with E-state index in [1.165, 1.54) is 6.39 Å². The number of para-hydroxylation sites is 1. The van der Waals surface area contributed by atoms with Crippen LogP contribution in [0.3, 0.4) is 0 Å². The van der Waals surface area contributed by atoms with Crippen molar-refractivity contribution in [3.05, 3.63) is 60.0 Å². The van der Waals surface area contributed by atoms with E-state index in [1.807, 2.05) is 24.3 Å². The first-order valence-corrected chi connectivity index (χ1v) is 8.11. The number of benzene rings is 2. The van der Waals surface area contributed by atoms with Gasteiger partial charge in [-0.15, -0.1) is 0 Å². The molecule has 2 heterocycles. The third kappa shape index (κ3) is 2.98. The quantitative estimate of drug-likeness (QED) is 0.688. The minimum Gasteiger partial charge on any atom is -0.452 e. The molecule has 1 aliphatic rings. The monoisotopic (exact) mass is 336 g/mol. The van der Waals surface area contributed by atoms with E-state index >= 15 is 0 Å². The molecular formula is C19H16N2O4. The number of nitrogens with zero attached hydrogens (tertiary/aromatic N) is 2. The number of carbonyl (C=O) groups is 2. The van der Waals surface area contributed by atoms with Gasteiger partial charge in [-0.05, 0) is 42.7 Å². The SMILES string of the molecule is O=C(OCC(=O)N1CCCc2ccccc21)c1ccc2ncoc2c1. The van der Waals surface area contributed by atoms with Crippen molar-refractivity contribution >= 4 is 28.7 Å². The number of carbonyl (C=O) groups excluding carboxylic acids is 2. The van der Waals surface area contributed by atoms with Gasteiger partial charge < -0.3 is 14.1 Å². The average Bonchev–Trinajstić information content (AvgIpc) is 3.13. The highest BCUT2D eigenvalue weighted by Crippen LogP contribution is 2.26. The van der Waals surface area contributed by atoms with Gasteiger partial charge in [-0.3, -0.25) is 4.79 Å². The summed E-state index contributed by atoms with van der Waals surface area (Å²) in [7, 11) is 0. The van der Waals surface area contributed by atoms with E-state index in [0.717, 1.165) is 24.1 Å². The van der Waals surface area contributed by atoms with Gasteiger partial charge in [0, 0.05) is 12.2 Å². The first kappa shape index (κ1) is 15.4. The Balaban J connectivity index is 1.44. The summed E-state index contributed by atoms with van der Waals surface area (Å²) in [6.45, 7) is 0.346. The van der Waals surface area contributed by atoms with Crippen LogP contribution in [0.5, 0.6) is 0 Å². The molecule has 4 rings (SSSR count). The lowest BCUT2D eigenvalue weighted by atomic mass is 10.0. The molecule has 0 saturated carbocycles. The Labute approximate surface area is 144 Å². The summed E-state index contributed by atoms with van der Waals surface area (Å²) in [5.74, 6) is -0.779. The number of ether oxygens (including phenoxy) is 1. The normalized spacial score (nSPS) is 13.5. The number of oxazole rings is 1. The molecular weight excluding hydrogens is 320 g/mol. The molecule has 1 aromatic heterocycles. The van der Waals surface area contributed by atoms with Crippen LogP contribution in [0, 0.1) is 0 Å². The summed E-state index contributed by atoms with van der Waals surface area (Å²) in [5.41, 5.74) is 3.54. The lowest BCUT2D eigenvalue weighted by Gasteiger charge is -2.29. The van der Waals surface area contributed by atoms with Gasteiger partial charge in [0.25, 0.3) is 5.91 Å². The lowest BCUT2D eigenvalue weighted by Crippen LogP contribution is -2.38. The van der Waals surface area contributed by atoms with Gasteiger partial charge >= 0.3 is 5.97 Å². The fraction of sp³-hybridized carbons (Fsp3) is 0.211. The Hall–Kier alpha value is -3.15. The largest absolute Gasteiger partial charge is 0.452 e. The molecule has 0 atom stereocenters. The van der Waals surface area contributed by atoms with Crippen LogP contribution in [-0.4, -0.2) is 30.0 Å². The van der Waals surface area contributed by atoms with Crippen LogP contribution >= 0.6 is 0 Å². The van der Waals surface area contributed by atoms with Crippen molar-refractivity contribution in [2.24, 2.45) is 0 Å². The van der Waals surface area contributed by atoms with Gasteiger partial charge in [0.2, 0.25) is 0 Å². The molecule has 0 saturated heterocycles.